The fraction of sp³-hybridized carbons (Fsp3) is 0.0909. The molecule has 3 heterocycles. The predicted octanol–water partition coefficient (Wildman–Crippen LogP) is 4.43. The fourth-order valence-electron chi connectivity index (χ4n) is 3.20. The molecule has 0 amide bonds. The number of fused-ring (bicyclic) bond motifs is 2. The molecule has 0 N–H and O–H groups in total. The van der Waals surface area contributed by atoms with Gasteiger partial charge < -0.3 is 4.42 Å². The van der Waals surface area contributed by atoms with E-state index in [9.17, 15) is 4.79 Å². The molecule has 3 aromatic heterocycles. The minimum atomic E-state index is -0.0463. The Balaban J connectivity index is 1.57. The number of aromatic nitrogens is 4. The lowest BCUT2D eigenvalue weighted by Gasteiger charge is -2.10. The second kappa shape index (κ2) is 7.18. The normalized spacial score (nSPS) is 11.3. The number of furan rings is 1. The molecule has 0 aliphatic rings. The van der Waals surface area contributed by atoms with Crippen LogP contribution in [0.3, 0.4) is 0 Å². The molecule has 0 aliphatic heterocycles. The first kappa shape index (κ1) is 17.6. The summed E-state index contributed by atoms with van der Waals surface area (Å²) in [6.45, 7) is 0. The van der Waals surface area contributed by atoms with Crippen LogP contribution in [-0.4, -0.2) is 19.5 Å². The van der Waals surface area contributed by atoms with Crippen LogP contribution in [0, 0.1) is 0 Å². The highest BCUT2D eigenvalue weighted by atomic mass is 32.2. The van der Waals surface area contributed by atoms with E-state index in [2.05, 4.69) is 9.97 Å². The highest BCUT2D eigenvalue weighted by molar-refractivity contribution is 7.98. The van der Waals surface area contributed by atoms with E-state index in [4.69, 9.17) is 9.40 Å². The van der Waals surface area contributed by atoms with Crippen molar-refractivity contribution in [3.8, 4) is 11.6 Å². The molecule has 0 unspecified atom stereocenters. The molecule has 2 aromatic carbocycles. The maximum absolute atomic E-state index is 12.7. The van der Waals surface area contributed by atoms with Gasteiger partial charge in [0, 0.05) is 12.4 Å². The van der Waals surface area contributed by atoms with Crippen molar-refractivity contribution < 1.29 is 4.42 Å². The van der Waals surface area contributed by atoms with E-state index < -0.39 is 0 Å². The van der Waals surface area contributed by atoms with Gasteiger partial charge in [0.2, 0.25) is 0 Å². The van der Waals surface area contributed by atoms with E-state index in [1.54, 1.807) is 23.9 Å². The zero-order valence-electron chi connectivity index (χ0n) is 15.6. The second-order valence-corrected chi connectivity index (χ2v) is 7.51. The Labute approximate surface area is 170 Å². The van der Waals surface area contributed by atoms with E-state index >= 15 is 0 Å². The van der Waals surface area contributed by atoms with Gasteiger partial charge in [0.1, 0.15) is 10.9 Å². The van der Waals surface area contributed by atoms with Crippen LogP contribution < -0.4 is 5.56 Å². The van der Waals surface area contributed by atoms with Crippen molar-refractivity contribution in [2.75, 3.05) is 0 Å². The van der Waals surface area contributed by atoms with Crippen LogP contribution in [0.5, 0.6) is 0 Å². The Kier molecular flexibility index (Phi) is 4.37. The topological polar surface area (TPSA) is 73.8 Å². The highest BCUT2D eigenvalue weighted by Crippen LogP contribution is 2.30. The number of hydrogen-bond donors (Lipinski definition) is 0. The summed E-state index contributed by atoms with van der Waals surface area (Å²) in [6, 6.07) is 18.9. The molecule has 29 heavy (non-hydrogen) atoms. The van der Waals surface area contributed by atoms with Gasteiger partial charge in [-0.2, -0.15) is 0 Å². The number of hydrogen-bond acceptors (Lipinski definition) is 6. The first-order valence-electron chi connectivity index (χ1n) is 9.09. The Morgan fingerprint density at radius 1 is 0.897 bits per heavy atom. The van der Waals surface area contributed by atoms with Crippen LogP contribution >= 0.6 is 11.8 Å². The van der Waals surface area contributed by atoms with Crippen molar-refractivity contribution in [1.29, 1.82) is 0 Å². The molecule has 0 aliphatic carbocycles. The van der Waals surface area contributed by atoms with Crippen molar-refractivity contribution in [2.45, 2.75) is 10.8 Å². The Bertz CT molecular complexity index is 1390. The molecule has 6 nitrogen and oxygen atoms in total. The largest absolute Gasteiger partial charge is 0.461 e. The van der Waals surface area contributed by atoms with Crippen molar-refractivity contribution in [3.05, 3.63) is 83.1 Å². The summed E-state index contributed by atoms with van der Waals surface area (Å²) in [5, 5.41) is 2.40. The molecule has 7 heteroatoms. The zero-order chi connectivity index (χ0) is 19.8. The smallest absolute Gasteiger partial charge is 0.261 e. The SMILES string of the molecule is Cn1c(CSc2nc(-c3ccco3)nc3ccccc23)nc2ccccc2c1=O. The van der Waals surface area contributed by atoms with E-state index in [0.29, 0.717) is 34.1 Å². The highest BCUT2D eigenvalue weighted by Gasteiger charge is 2.14. The van der Waals surface area contributed by atoms with E-state index in [1.165, 1.54) is 11.8 Å². The van der Waals surface area contributed by atoms with Gasteiger partial charge in [0.15, 0.2) is 11.6 Å². The second-order valence-electron chi connectivity index (χ2n) is 6.54. The van der Waals surface area contributed by atoms with Crippen molar-refractivity contribution in [1.82, 2.24) is 19.5 Å². The minimum Gasteiger partial charge on any atom is -0.461 e. The van der Waals surface area contributed by atoms with Gasteiger partial charge in [-0.1, -0.05) is 42.1 Å². The molecule has 5 rings (SSSR count). The lowest BCUT2D eigenvalue weighted by Crippen LogP contribution is -2.21. The van der Waals surface area contributed by atoms with Crippen LogP contribution in [0.2, 0.25) is 0 Å². The van der Waals surface area contributed by atoms with Crippen LogP contribution in [0.25, 0.3) is 33.4 Å². The molecule has 0 saturated carbocycles. The number of thioether (sulfide) groups is 1. The lowest BCUT2D eigenvalue weighted by atomic mass is 10.2. The van der Waals surface area contributed by atoms with Crippen LogP contribution in [0.15, 0.2) is 81.2 Å². The average molecular weight is 400 g/mol. The van der Waals surface area contributed by atoms with Crippen molar-refractivity contribution in [3.63, 3.8) is 0 Å². The van der Waals surface area contributed by atoms with E-state index in [1.807, 2.05) is 54.6 Å². The van der Waals surface area contributed by atoms with Gasteiger partial charge in [-0.15, -0.1) is 0 Å². The molecule has 0 radical (unpaired) electrons. The maximum atomic E-state index is 12.7. The van der Waals surface area contributed by atoms with Gasteiger partial charge in [-0.25, -0.2) is 15.0 Å². The summed E-state index contributed by atoms with van der Waals surface area (Å²) in [7, 11) is 1.75. The van der Waals surface area contributed by atoms with Gasteiger partial charge >= 0.3 is 0 Å². The van der Waals surface area contributed by atoms with E-state index in [0.717, 1.165) is 15.9 Å². The molecular formula is C22H16N4O2S. The van der Waals surface area contributed by atoms with Crippen molar-refractivity contribution >= 4 is 33.6 Å². The van der Waals surface area contributed by atoms with Gasteiger partial charge in [-0.3, -0.25) is 9.36 Å². The third kappa shape index (κ3) is 3.19. The zero-order valence-corrected chi connectivity index (χ0v) is 16.4. The Morgan fingerprint density at radius 2 is 1.62 bits per heavy atom. The van der Waals surface area contributed by atoms with Crippen LogP contribution in [0.4, 0.5) is 0 Å². The minimum absolute atomic E-state index is 0.0463. The van der Waals surface area contributed by atoms with Crippen LogP contribution in [-0.2, 0) is 12.8 Å². The molecule has 0 bridgehead atoms. The Morgan fingerprint density at radius 3 is 2.38 bits per heavy atom. The first-order valence-corrected chi connectivity index (χ1v) is 10.1. The van der Waals surface area contributed by atoms with Gasteiger partial charge in [0.25, 0.3) is 5.56 Å². The summed E-state index contributed by atoms with van der Waals surface area (Å²) < 4.78 is 7.08. The quantitative estimate of drug-likeness (QED) is 0.328. The van der Waals surface area contributed by atoms with Crippen molar-refractivity contribution in [2.24, 2.45) is 7.05 Å². The summed E-state index contributed by atoms with van der Waals surface area (Å²) in [6.07, 6.45) is 1.61. The summed E-state index contributed by atoms with van der Waals surface area (Å²) >= 11 is 1.53. The summed E-state index contributed by atoms with van der Waals surface area (Å²) in [5.74, 6) is 2.36. The number of rotatable bonds is 4. The average Bonchev–Trinajstić information content (AvgIpc) is 3.30. The maximum Gasteiger partial charge on any atom is 0.261 e. The van der Waals surface area contributed by atoms with Gasteiger partial charge in [-0.05, 0) is 30.3 Å². The molecule has 0 saturated heterocycles. The molecule has 5 aromatic rings. The summed E-state index contributed by atoms with van der Waals surface area (Å²) in [4.78, 5) is 26.7. The third-order valence-electron chi connectivity index (χ3n) is 4.72. The number of nitrogens with zero attached hydrogens (tertiary/aromatic N) is 4. The standard InChI is InChI=1S/C22H16N4O2S/c1-26-19(23-17-10-5-3-8-15(17)22(26)27)13-29-21-14-7-2-4-9-16(14)24-20(25-21)18-11-6-12-28-18/h2-12H,13H2,1H3. The van der Waals surface area contributed by atoms with Gasteiger partial charge in [0.05, 0.1) is 28.4 Å². The molecule has 0 spiro atoms. The molecule has 0 fully saturated rings. The Hall–Kier alpha value is -3.45. The summed E-state index contributed by atoms with van der Waals surface area (Å²) in [5.41, 5.74) is 1.50. The van der Waals surface area contributed by atoms with Crippen LogP contribution in [0.1, 0.15) is 5.82 Å². The lowest BCUT2D eigenvalue weighted by molar-refractivity contribution is 0.577. The fourth-order valence-corrected chi connectivity index (χ4v) is 4.20. The molecule has 142 valence electrons. The number of benzene rings is 2. The first-order chi connectivity index (χ1) is 14.2. The third-order valence-corrected chi connectivity index (χ3v) is 5.71. The molecular weight excluding hydrogens is 384 g/mol. The monoisotopic (exact) mass is 400 g/mol. The predicted molar refractivity (Wildman–Crippen MR) is 114 cm³/mol. The molecule has 0 atom stereocenters. The van der Waals surface area contributed by atoms with E-state index in [-0.39, 0.29) is 5.56 Å². The number of para-hydroxylation sites is 2.